The maximum atomic E-state index is 12.1. The van der Waals surface area contributed by atoms with Gasteiger partial charge in [-0.1, -0.05) is 24.6 Å². The lowest BCUT2D eigenvalue weighted by atomic mass is 9.77. The third kappa shape index (κ3) is 4.06. The summed E-state index contributed by atoms with van der Waals surface area (Å²) in [6.07, 6.45) is 3.76. The number of amides is 1. The van der Waals surface area contributed by atoms with Crippen LogP contribution in [-0.2, 0) is 0 Å². The van der Waals surface area contributed by atoms with Crippen LogP contribution in [0.15, 0.2) is 24.3 Å². The molecule has 3 N–H and O–H groups in total. The fourth-order valence-electron chi connectivity index (χ4n) is 2.53. The SMILES string of the molecule is O=C(NCCN1CCCCC1)c1ccccc1B(O)O. The number of hydrogen-bond donors (Lipinski definition) is 3. The van der Waals surface area contributed by atoms with Gasteiger partial charge in [-0.15, -0.1) is 0 Å². The molecule has 6 heteroatoms. The molecule has 0 saturated carbocycles. The number of carbonyl (C=O) groups is 1. The summed E-state index contributed by atoms with van der Waals surface area (Å²) in [5.41, 5.74) is 0.559. The van der Waals surface area contributed by atoms with E-state index in [1.54, 1.807) is 24.3 Å². The van der Waals surface area contributed by atoms with Crippen molar-refractivity contribution in [2.45, 2.75) is 19.3 Å². The molecule has 2 rings (SSSR count). The second-order valence-electron chi connectivity index (χ2n) is 5.12. The topological polar surface area (TPSA) is 72.8 Å². The van der Waals surface area contributed by atoms with Crippen molar-refractivity contribution in [3.05, 3.63) is 29.8 Å². The standard InChI is InChI=1S/C14H21BN2O3/c18-14(12-6-2-3-7-13(12)15(19)20)16-8-11-17-9-4-1-5-10-17/h2-3,6-7,19-20H,1,4-5,8-11H2,(H,16,18). The van der Waals surface area contributed by atoms with E-state index in [0.29, 0.717) is 12.1 Å². The molecule has 1 aromatic rings. The first-order valence-electron chi connectivity index (χ1n) is 7.14. The molecule has 1 amide bonds. The first-order chi connectivity index (χ1) is 9.68. The smallest absolute Gasteiger partial charge is 0.423 e. The highest BCUT2D eigenvalue weighted by Gasteiger charge is 2.19. The predicted molar refractivity (Wildman–Crippen MR) is 78.9 cm³/mol. The number of likely N-dealkylation sites (tertiary alicyclic amines) is 1. The van der Waals surface area contributed by atoms with Crippen LogP contribution in [0.25, 0.3) is 0 Å². The Bertz CT molecular complexity index is 448. The van der Waals surface area contributed by atoms with Crippen molar-refractivity contribution >= 4 is 18.5 Å². The molecule has 108 valence electrons. The number of piperidine rings is 1. The molecule has 0 unspecified atom stereocenters. The van der Waals surface area contributed by atoms with E-state index in [9.17, 15) is 14.8 Å². The lowest BCUT2D eigenvalue weighted by Crippen LogP contribution is -2.41. The molecule has 0 radical (unpaired) electrons. The number of hydrogen-bond acceptors (Lipinski definition) is 4. The largest absolute Gasteiger partial charge is 0.489 e. The van der Waals surface area contributed by atoms with Crippen LogP contribution in [0.2, 0.25) is 0 Å². The van der Waals surface area contributed by atoms with E-state index in [1.807, 2.05) is 0 Å². The molecular weight excluding hydrogens is 255 g/mol. The van der Waals surface area contributed by atoms with Gasteiger partial charge in [-0.2, -0.15) is 0 Å². The number of nitrogens with one attached hydrogen (secondary N) is 1. The summed E-state index contributed by atoms with van der Waals surface area (Å²) in [7, 11) is -1.63. The Morgan fingerprint density at radius 1 is 1.20 bits per heavy atom. The van der Waals surface area contributed by atoms with E-state index in [1.165, 1.54) is 19.3 Å². The second kappa shape index (κ2) is 7.43. The average molecular weight is 276 g/mol. The fourth-order valence-corrected chi connectivity index (χ4v) is 2.53. The lowest BCUT2D eigenvalue weighted by molar-refractivity contribution is 0.0947. The van der Waals surface area contributed by atoms with Gasteiger partial charge < -0.3 is 20.3 Å². The van der Waals surface area contributed by atoms with Gasteiger partial charge >= 0.3 is 7.12 Å². The molecule has 0 aromatic heterocycles. The molecule has 0 aliphatic carbocycles. The van der Waals surface area contributed by atoms with E-state index < -0.39 is 7.12 Å². The maximum absolute atomic E-state index is 12.1. The van der Waals surface area contributed by atoms with Crippen LogP contribution in [0.1, 0.15) is 29.6 Å². The molecule has 5 nitrogen and oxygen atoms in total. The van der Waals surface area contributed by atoms with E-state index >= 15 is 0 Å². The first kappa shape index (κ1) is 15.0. The van der Waals surface area contributed by atoms with Gasteiger partial charge in [0.1, 0.15) is 0 Å². The van der Waals surface area contributed by atoms with Gasteiger partial charge in [0.25, 0.3) is 5.91 Å². The van der Waals surface area contributed by atoms with Gasteiger partial charge in [0, 0.05) is 18.7 Å². The van der Waals surface area contributed by atoms with E-state index in [0.717, 1.165) is 19.6 Å². The van der Waals surface area contributed by atoms with Gasteiger partial charge in [0.05, 0.1) is 0 Å². The summed E-state index contributed by atoms with van der Waals surface area (Å²) in [4.78, 5) is 14.4. The zero-order valence-electron chi connectivity index (χ0n) is 11.6. The summed E-state index contributed by atoms with van der Waals surface area (Å²) >= 11 is 0. The number of carbonyl (C=O) groups excluding carboxylic acids is 1. The summed E-state index contributed by atoms with van der Waals surface area (Å²) in [6.45, 7) is 3.62. The van der Waals surface area contributed by atoms with Gasteiger partial charge in [0.2, 0.25) is 0 Å². The highest BCUT2D eigenvalue weighted by molar-refractivity contribution is 6.60. The fraction of sp³-hybridized carbons (Fsp3) is 0.500. The van der Waals surface area contributed by atoms with Crippen LogP contribution in [0, 0.1) is 0 Å². The first-order valence-corrected chi connectivity index (χ1v) is 7.14. The Kier molecular flexibility index (Phi) is 5.58. The maximum Gasteiger partial charge on any atom is 0.489 e. The van der Waals surface area contributed by atoms with Crippen LogP contribution in [0.4, 0.5) is 0 Å². The summed E-state index contributed by atoms with van der Waals surface area (Å²) in [6, 6.07) is 6.54. The van der Waals surface area contributed by atoms with Crippen LogP contribution in [-0.4, -0.2) is 54.2 Å². The molecule has 0 spiro atoms. The molecule has 1 heterocycles. The van der Waals surface area contributed by atoms with Crippen molar-refractivity contribution < 1.29 is 14.8 Å². The molecule has 20 heavy (non-hydrogen) atoms. The minimum Gasteiger partial charge on any atom is -0.423 e. The van der Waals surface area contributed by atoms with Gasteiger partial charge in [-0.3, -0.25) is 4.79 Å². The van der Waals surface area contributed by atoms with E-state index in [-0.39, 0.29) is 11.4 Å². The highest BCUT2D eigenvalue weighted by atomic mass is 16.4. The van der Waals surface area contributed by atoms with Gasteiger partial charge in [-0.25, -0.2) is 0 Å². The molecule has 1 aliphatic heterocycles. The zero-order valence-corrected chi connectivity index (χ0v) is 11.6. The van der Waals surface area contributed by atoms with Crippen LogP contribution >= 0.6 is 0 Å². The van der Waals surface area contributed by atoms with Crippen molar-refractivity contribution in [2.75, 3.05) is 26.2 Å². The summed E-state index contributed by atoms with van der Waals surface area (Å²) in [5, 5.41) is 21.3. The Hall–Kier alpha value is -1.37. The monoisotopic (exact) mass is 276 g/mol. The minimum atomic E-state index is -1.63. The van der Waals surface area contributed by atoms with Crippen molar-refractivity contribution in [1.82, 2.24) is 10.2 Å². The minimum absolute atomic E-state index is 0.239. The number of benzene rings is 1. The quantitative estimate of drug-likeness (QED) is 0.639. The van der Waals surface area contributed by atoms with Crippen molar-refractivity contribution in [2.24, 2.45) is 0 Å². The Morgan fingerprint density at radius 2 is 1.90 bits per heavy atom. The van der Waals surface area contributed by atoms with E-state index in [4.69, 9.17) is 0 Å². The van der Waals surface area contributed by atoms with Crippen LogP contribution in [0.3, 0.4) is 0 Å². The summed E-state index contributed by atoms with van der Waals surface area (Å²) < 4.78 is 0. The molecular formula is C14H21BN2O3. The molecule has 1 fully saturated rings. The molecule has 0 bridgehead atoms. The third-order valence-corrected chi connectivity index (χ3v) is 3.65. The molecule has 1 aliphatic rings. The Labute approximate surface area is 119 Å². The molecule has 0 atom stereocenters. The van der Waals surface area contributed by atoms with Gasteiger partial charge in [0.15, 0.2) is 0 Å². The Balaban J connectivity index is 1.85. The lowest BCUT2D eigenvalue weighted by Gasteiger charge is -2.26. The normalized spacial score (nSPS) is 15.9. The van der Waals surface area contributed by atoms with Gasteiger partial charge in [-0.05, 0) is 37.5 Å². The molecule has 1 saturated heterocycles. The predicted octanol–water partition coefficient (Wildman–Crippen LogP) is -0.418. The highest BCUT2D eigenvalue weighted by Crippen LogP contribution is 2.07. The van der Waals surface area contributed by atoms with Crippen molar-refractivity contribution in [1.29, 1.82) is 0 Å². The van der Waals surface area contributed by atoms with Crippen LogP contribution < -0.4 is 10.8 Å². The van der Waals surface area contributed by atoms with Crippen molar-refractivity contribution in [3.63, 3.8) is 0 Å². The number of nitrogens with zero attached hydrogens (tertiary/aromatic N) is 1. The molecule has 1 aromatic carbocycles. The summed E-state index contributed by atoms with van der Waals surface area (Å²) in [5.74, 6) is -0.259. The third-order valence-electron chi connectivity index (χ3n) is 3.65. The average Bonchev–Trinajstić information content (AvgIpc) is 2.48. The number of rotatable bonds is 5. The zero-order chi connectivity index (χ0) is 14.4. The van der Waals surface area contributed by atoms with Crippen LogP contribution in [0.5, 0.6) is 0 Å². The Morgan fingerprint density at radius 3 is 2.60 bits per heavy atom. The van der Waals surface area contributed by atoms with E-state index in [2.05, 4.69) is 10.2 Å². The second-order valence-corrected chi connectivity index (χ2v) is 5.12. The van der Waals surface area contributed by atoms with Crippen molar-refractivity contribution in [3.8, 4) is 0 Å².